The molecule has 2 aromatic carbocycles. The molecule has 4 nitrogen and oxygen atoms in total. The van der Waals surface area contributed by atoms with Gasteiger partial charge in [-0.3, -0.25) is 4.79 Å². The van der Waals surface area contributed by atoms with E-state index in [1.807, 2.05) is 30.3 Å². The summed E-state index contributed by atoms with van der Waals surface area (Å²) in [7, 11) is 1.61. The molecule has 0 spiro atoms. The second-order valence-electron chi connectivity index (χ2n) is 6.12. The summed E-state index contributed by atoms with van der Waals surface area (Å²) in [6.45, 7) is 4.29. The van der Waals surface area contributed by atoms with Crippen molar-refractivity contribution in [3.05, 3.63) is 60.2 Å². The van der Waals surface area contributed by atoms with E-state index in [1.54, 1.807) is 31.4 Å². The molecule has 0 aromatic heterocycles. The number of hydrogen-bond acceptors (Lipinski definition) is 3. The zero-order valence-electron chi connectivity index (χ0n) is 14.5. The SMILES string of the molecule is COc1ccc(OCC(=O)N[C@@H](CC(C)C)c2ccccc2)cc1. The number of nitrogens with one attached hydrogen (secondary N) is 1. The van der Waals surface area contributed by atoms with Gasteiger partial charge in [0.25, 0.3) is 5.91 Å². The average molecular weight is 327 g/mol. The van der Waals surface area contributed by atoms with Crippen LogP contribution in [0.5, 0.6) is 11.5 Å². The minimum Gasteiger partial charge on any atom is -0.497 e. The molecule has 4 heteroatoms. The van der Waals surface area contributed by atoms with E-state index in [4.69, 9.17) is 9.47 Å². The van der Waals surface area contributed by atoms with Crippen LogP contribution >= 0.6 is 0 Å². The zero-order valence-corrected chi connectivity index (χ0v) is 14.5. The van der Waals surface area contributed by atoms with Gasteiger partial charge in [0, 0.05) is 0 Å². The predicted octanol–water partition coefficient (Wildman–Crippen LogP) is 3.98. The van der Waals surface area contributed by atoms with Crippen LogP contribution in [0.4, 0.5) is 0 Å². The minimum atomic E-state index is -0.125. The lowest BCUT2D eigenvalue weighted by atomic mass is 9.97. The van der Waals surface area contributed by atoms with E-state index in [0.29, 0.717) is 11.7 Å². The summed E-state index contributed by atoms with van der Waals surface area (Å²) in [6.07, 6.45) is 0.887. The Morgan fingerprint density at radius 1 is 1.00 bits per heavy atom. The highest BCUT2D eigenvalue weighted by atomic mass is 16.5. The molecule has 2 rings (SSSR count). The van der Waals surface area contributed by atoms with Crippen molar-refractivity contribution in [1.29, 1.82) is 0 Å². The van der Waals surface area contributed by atoms with E-state index in [9.17, 15) is 4.79 Å². The van der Waals surface area contributed by atoms with Crippen molar-refractivity contribution >= 4 is 5.91 Å². The molecule has 0 aliphatic carbocycles. The van der Waals surface area contributed by atoms with Gasteiger partial charge in [0.1, 0.15) is 11.5 Å². The number of carbonyl (C=O) groups excluding carboxylic acids is 1. The van der Waals surface area contributed by atoms with Crippen molar-refractivity contribution in [3.63, 3.8) is 0 Å². The van der Waals surface area contributed by atoms with Crippen molar-refractivity contribution < 1.29 is 14.3 Å². The van der Waals surface area contributed by atoms with E-state index >= 15 is 0 Å². The summed E-state index contributed by atoms with van der Waals surface area (Å²) in [5.41, 5.74) is 1.11. The standard InChI is InChI=1S/C20H25NO3/c1-15(2)13-19(16-7-5-4-6-8-16)21-20(22)14-24-18-11-9-17(23-3)10-12-18/h4-12,15,19H,13-14H2,1-3H3,(H,21,22)/t19-/m0/s1. The van der Waals surface area contributed by atoms with Crippen LogP contribution in [0, 0.1) is 5.92 Å². The largest absolute Gasteiger partial charge is 0.497 e. The Bertz CT molecular complexity index is 623. The Morgan fingerprint density at radius 2 is 1.62 bits per heavy atom. The lowest BCUT2D eigenvalue weighted by molar-refractivity contribution is -0.124. The van der Waals surface area contributed by atoms with Gasteiger partial charge in [-0.2, -0.15) is 0 Å². The lowest BCUT2D eigenvalue weighted by Crippen LogP contribution is -2.33. The number of ether oxygens (including phenoxy) is 2. The third-order valence-corrected chi connectivity index (χ3v) is 3.67. The number of amides is 1. The summed E-state index contributed by atoms with van der Waals surface area (Å²) in [5.74, 6) is 1.76. The summed E-state index contributed by atoms with van der Waals surface area (Å²) in [6, 6.07) is 17.2. The summed E-state index contributed by atoms with van der Waals surface area (Å²) in [4.78, 5) is 12.2. The molecule has 0 heterocycles. The van der Waals surface area contributed by atoms with Gasteiger partial charge in [0.05, 0.1) is 13.2 Å². The Kier molecular flexibility index (Phi) is 6.67. The molecule has 2 aromatic rings. The van der Waals surface area contributed by atoms with Gasteiger partial charge in [0.15, 0.2) is 6.61 Å². The van der Waals surface area contributed by atoms with Crippen molar-refractivity contribution in [3.8, 4) is 11.5 Å². The maximum absolute atomic E-state index is 12.2. The van der Waals surface area contributed by atoms with Crippen molar-refractivity contribution in [2.75, 3.05) is 13.7 Å². The van der Waals surface area contributed by atoms with Crippen LogP contribution in [0.1, 0.15) is 31.9 Å². The van der Waals surface area contributed by atoms with E-state index in [-0.39, 0.29) is 18.6 Å². The molecule has 24 heavy (non-hydrogen) atoms. The molecule has 0 bridgehead atoms. The van der Waals surface area contributed by atoms with Crippen molar-refractivity contribution in [1.82, 2.24) is 5.32 Å². The molecule has 128 valence electrons. The quantitative estimate of drug-likeness (QED) is 0.798. The normalized spacial score (nSPS) is 11.8. The first kappa shape index (κ1) is 17.9. The molecule has 0 radical (unpaired) electrons. The molecule has 1 N–H and O–H groups in total. The first-order chi connectivity index (χ1) is 11.6. The number of hydrogen-bond donors (Lipinski definition) is 1. The highest BCUT2D eigenvalue weighted by Gasteiger charge is 2.16. The van der Waals surface area contributed by atoms with E-state index < -0.39 is 0 Å². The fourth-order valence-corrected chi connectivity index (χ4v) is 2.49. The van der Waals surface area contributed by atoms with Crippen LogP contribution in [0.2, 0.25) is 0 Å². The molecule has 0 unspecified atom stereocenters. The molecule has 0 aliphatic rings. The fraction of sp³-hybridized carbons (Fsp3) is 0.350. The van der Waals surface area contributed by atoms with Gasteiger partial charge in [-0.1, -0.05) is 44.2 Å². The van der Waals surface area contributed by atoms with E-state index in [0.717, 1.165) is 17.7 Å². The average Bonchev–Trinajstić information content (AvgIpc) is 2.60. The Labute approximate surface area is 143 Å². The smallest absolute Gasteiger partial charge is 0.258 e. The molecule has 0 saturated heterocycles. The van der Waals surface area contributed by atoms with Crippen LogP contribution in [0.3, 0.4) is 0 Å². The van der Waals surface area contributed by atoms with Crippen LogP contribution in [0.25, 0.3) is 0 Å². The molecule has 1 atom stereocenters. The van der Waals surface area contributed by atoms with E-state index in [1.165, 1.54) is 0 Å². The molecular formula is C20H25NO3. The van der Waals surface area contributed by atoms with Gasteiger partial charge < -0.3 is 14.8 Å². The van der Waals surface area contributed by atoms with Gasteiger partial charge in [0.2, 0.25) is 0 Å². The molecule has 1 amide bonds. The Hall–Kier alpha value is -2.49. The second-order valence-corrected chi connectivity index (χ2v) is 6.12. The van der Waals surface area contributed by atoms with Gasteiger partial charge in [-0.05, 0) is 42.2 Å². The zero-order chi connectivity index (χ0) is 17.4. The molecule has 0 fully saturated rings. The summed E-state index contributed by atoms with van der Waals surface area (Å²) < 4.78 is 10.6. The maximum atomic E-state index is 12.2. The predicted molar refractivity (Wildman–Crippen MR) is 95.3 cm³/mol. The maximum Gasteiger partial charge on any atom is 0.258 e. The third-order valence-electron chi connectivity index (χ3n) is 3.67. The number of benzene rings is 2. The van der Waals surface area contributed by atoms with Crippen molar-refractivity contribution in [2.24, 2.45) is 5.92 Å². The van der Waals surface area contributed by atoms with Crippen molar-refractivity contribution in [2.45, 2.75) is 26.3 Å². The molecule has 0 aliphatic heterocycles. The topological polar surface area (TPSA) is 47.6 Å². The minimum absolute atomic E-state index is 0.00170. The van der Waals surface area contributed by atoms with Crippen LogP contribution in [0.15, 0.2) is 54.6 Å². The second kappa shape index (κ2) is 8.96. The number of rotatable bonds is 8. The highest BCUT2D eigenvalue weighted by molar-refractivity contribution is 5.78. The first-order valence-corrected chi connectivity index (χ1v) is 8.19. The Morgan fingerprint density at radius 3 is 2.21 bits per heavy atom. The number of methoxy groups -OCH3 is 1. The number of carbonyl (C=O) groups is 1. The summed E-state index contributed by atoms with van der Waals surface area (Å²) in [5, 5.41) is 3.07. The van der Waals surface area contributed by atoms with Crippen LogP contribution in [-0.4, -0.2) is 19.6 Å². The fourth-order valence-electron chi connectivity index (χ4n) is 2.49. The van der Waals surface area contributed by atoms with Crippen LogP contribution in [-0.2, 0) is 4.79 Å². The van der Waals surface area contributed by atoms with E-state index in [2.05, 4.69) is 19.2 Å². The monoisotopic (exact) mass is 327 g/mol. The molecular weight excluding hydrogens is 302 g/mol. The van der Waals surface area contributed by atoms with Gasteiger partial charge >= 0.3 is 0 Å². The van der Waals surface area contributed by atoms with Gasteiger partial charge in [-0.25, -0.2) is 0 Å². The first-order valence-electron chi connectivity index (χ1n) is 8.19. The Balaban J connectivity index is 1.92. The van der Waals surface area contributed by atoms with Crippen LogP contribution < -0.4 is 14.8 Å². The van der Waals surface area contributed by atoms with Gasteiger partial charge in [-0.15, -0.1) is 0 Å². The lowest BCUT2D eigenvalue weighted by Gasteiger charge is -2.21. The third kappa shape index (κ3) is 5.61. The summed E-state index contributed by atoms with van der Waals surface area (Å²) >= 11 is 0. The highest BCUT2D eigenvalue weighted by Crippen LogP contribution is 2.21. The molecule has 0 saturated carbocycles.